The minimum Gasteiger partial charge on any atom is -0.295 e. The fraction of sp³-hybridized carbons (Fsp3) is 1.00. The second-order valence-electron chi connectivity index (χ2n) is 5.60. The highest BCUT2D eigenvalue weighted by molar-refractivity contribution is 5.09. The van der Waals surface area contributed by atoms with Crippen molar-refractivity contribution in [3.8, 4) is 0 Å². The number of hydrogen-bond acceptors (Lipinski definition) is 1. The molecule has 3 fully saturated rings. The van der Waals surface area contributed by atoms with E-state index in [0.717, 1.165) is 17.5 Å². The summed E-state index contributed by atoms with van der Waals surface area (Å²) in [6.45, 7) is 3.85. The van der Waals surface area contributed by atoms with Gasteiger partial charge in [-0.3, -0.25) is 4.90 Å². The quantitative estimate of drug-likeness (QED) is 0.598. The van der Waals surface area contributed by atoms with Crippen molar-refractivity contribution in [2.24, 2.45) is 5.92 Å². The number of piperidine rings is 1. The molecule has 1 atom stereocenters. The van der Waals surface area contributed by atoms with Crippen LogP contribution in [0.25, 0.3) is 0 Å². The van der Waals surface area contributed by atoms with E-state index in [2.05, 4.69) is 11.8 Å². The molecule has 1 nitrogen and oxygen atoms in total. The number of nitrogens with zero attached hydrogens (tertiary/aromatic N) is 1. The molecule has 0 amide bonds. The van der Waals surface area contributed by atoms with Gasteiger partial charge < -0.3 is 0 Å². The second-order valence-corrected chi connectivity index (χ2v) is 5.60. The van der Waals surface area contributed by atoms with E-state index in [1.165, 1.54) is 51.5 Å². The molecular weight excluding hydrogens is 158 g/mol. The molecule has 3 rings (SSSR count). The van der Waals surface area contributed by atoms with Gasteiger partial charge in [-0.05, 0) is 51.0 Å². The third kappa shape index (κ3) is 1.24. The summed E-state index contributed by atoms with van der Waals surface area (Å²) in [7, 11) is 0. The van der Waals surface area contributed by atoms with E-state index >= 15 is 0 Å². The molecular formula is C12H21N. The van der Waals surface area contributed by atoms with Crippen LogP contribution in [0, 0.1) is 5.92 Å². The maximum atomic E-state index is 2.89. The average molecular weight is 179 g/mol. The van der Waals surface area contributed by atoms with E-state index in [4.69, 9.17) is 0 Å². The van der Waals surface area contributed by atoms with Crippen LogP contribution in [0.2, 0.25) is 0 Å². The monoisotopic (exact) mass is 179 g/mol. The maximum Gasteiger partial charge on any atom is 0.0216 e. The first-order chi connectivity index (χ1) is 6.30. The van der Waals surface area contributed by atoms with Crippen LogP contribution >= 0.6 is 0 Å². The number of hydrogen-bond donors (Lipinski definition) is 0. The summed E-state index contributed by atoms with van der Waals surface area (Å²) in [5, 5.41) is 0. The van der Waals surface area contributed by atoms with Crippen LogP contribution in [0.5, 0.6) is 0 Å². The molecule has 1 heterocycles. The Hall–Kier alpha value is -0.0400. The maximum absolute atomic E-state index is 2.89. The molecule has 0 aromatic heterocycles. The molecule has 2 aliphatic carbocycles. The normalized spacial score (nSPS) is 39.0. The van der Waals surface area contributed by atoms with Gasteiger partial charge in [-0.1, -0.05) is 13.3 Å². The van der Waals surface area contributed by atoms with Crippen LogP contribution in [0.1, 0.15) is 51.9 Å². The van der Waals surface area contributed by atoms with Crippen molar-refractivity contribution < 1.29 is 0 Å². The van der Waals surface area contributed by atoms with Gasteiger partial charge in [-0.2, -0.15) is 0 Å². The van der Waals surface area contributed by atoms with E-state index in [1.807, 2.05) is 0 Å². The van der Waals surface area contributed by atoms with Crippen LogP contribution in [0.4, 0.5) is 0 Å². The van der Waals surface area contributed by atoms with Crippen molar-refractivity contribution in [2.75, 3.05) is 6.54 Å². The lowest BCUT2D eigenvalue weighted by molar-refractivity contribution is 0.0206. The molecule has 2 saturated carbocycles. The summed E-state index contributed by atoms with van der Waals surface area (Å²) in [6.07, 6.45) is 10.5. The van der Waals surface area contributed by atoms with E-state index in [-0.39, 0.29) is 0 Å². The van der Waals surface area contributed by atoms with Gasteiger partial charge in [0.2, 0.25) is 0 Å². The predicted octanol–water partition coefficient (Wildman–Crippen LogP) is 2.80. The van der Waals surface area contributed by atoms with E-state index < -0.39 is 0 Å². The Morgan fingerprint density at radius 2 is 1.92 bits per heavy atom. The second kappa shape index (κ2) is 2.73. The molecule has 0 aromatic rings. The van der Waals surface area contributed by atoms with Gasteiger partial charge in [0, 0.05) is 11.6 Å². The highest BCUT2D eigenvalue weighted by Gasteiger charge is 2.53. The molecule has 0 bridgehead atoms. The molecule has 1 saturated heterocycles. The zero-order valence-corrected chi connectivity index (χ0v) is 8.76. The van der Waals surface area contributed by atoms with Crippen molar-refractivity contribution in [1.82, 2.24) is 4.90 Å². The van der Waals surface area contributed by atoms with Crippen LogP contribution in [-0.2, 0) is 0 Å². The van der Waals surface area contributed by atoms with Crippen molar-refractivity contribution in [3.05, 3.63) is 0 Å². The lowest BCUT2D eigenvalue weighted by atomic mass is 9.83. The summed E-state index contributed by atoms with van der Waals surface area (Å²) >= 11 is 0. The van der Waals surface area contributed by atoms with Gasteiger partial charge in [0.25, 0.3) is 0 Å². The van der Waals surface area contributed by atoms with Crippen molar-refractivity contribution in [3.63, 3.8) is 0 Å². The lowest BCUT2D eigenvalue weighted by Gasteiger charge is -2.47. The third-order valence-electron chi connectivity index (χ3n) is 4.54. The largest absolute Gasteiger partial charge is 0.295 e. The van der Waals surface area contributed by atoms with Gasteiger partial charge in [0.1, 0.15) is 0 Å². The summed E-state index contributed by atoms with van der Waals surface area (Å²) in [5.74, 6) is 0.999. The first kappa shape index (κ1) is 8.28. The fourth-order valence-electron chi connectivity index (χ4n) is 3.37. The van der Waals surface area contributed by atoms with Crippen LogP contribution in [0.3, 0.4) is 0 Å². The molecule has 74 valence electrons. The van der Waals surface area contributed by atoms with Crippen molar-refractivity contribution in [2.45, 2.75) is 63.5 Å². The average Bonchev–Trinajstić information content (AvgIpc) is 2.73. The molecule has 0 aromatic carbocycles. The summed E-state index contributed by atoms with van der Waals surface area (Å²) in [4.78, 5) is 2.89. The highest BCUT2D eigenvalue weighted by atomic mass is 15.3. The Balaban J connectivity index is 1.72. The first-order valence-electron chi connectivity index (χ1n) is 6.07. The molecule has 0 radical (unpaired) electrons. The van der Waals surface area contributed by atoms with Crippen molar-refractivity contribution in [1.29, 1.82) is 0 Å². The molecule has 1 aliphatic heterocycles. The topological polar surface area (TPSA) is 3.24 Å². The number of likely N-dealkylation sites (tertiary alicyclic amines) is 1. The molecule has 1 heteroatoms. The first-order valence-corrected chi connectivity index (χ1v) is 6.07. The van der Waals surface area contributed by atoms with Crippen molar-refractivity contribution >= 4 is 0 Å². The number of rotatable bonds is 1. The fourth-order valence-corrected chi connectivity index (χ4v) is 3.37. The SMILES string of the molecule is CC1CCN(C2CCC2)C2(CC2)C1. The Bertz CT molecular complexity index is 203. The van der Waals surface area contributed by atoms with E-state index in [0.29, 0.717) is 0 Å². The Labute approximate surface area is 81.5 Å². The molecule has 3 aliphatic rings. The minimum absolute atomic E-state index is 0.725. The van der Waals surface area contributed by atoms with Gasteiger partial charge >= 0.3 is 0 Å². The summed E-state index contributed by atoms with van der Waals surface area (Å²) in [5.41, 5.74) is 0.725. The highest BCUT2D eigenvalue weighted by Crippen LogP contribution is 2.52. The molecule has 13 heavy (non-hydrogen) atoms. The third-order valence-corrected chi connectivity index (χ3v) is 4.54. The minimum atomic E-state index is 0.725. The van der Waals surface area contributed by atoms with Gasteiger partial charge in [0.05, 0.1) is 0 Å². The lowest BCUT2D eigenvalue weighted by Crippen LogP contribution is -2.52. The van der Waals surface area contributed by atoms with E-state index in [1.54, 1.807) is 0 Å². The van der Waals surface area contributed by atoms with Crippen LogP contribution in [-0.4, -0.2) is 23.0 Å². The van der Waals surface area contributed by atoms with Crippen LogP contribution in [0.15, 0.2) is 0 Å². The molecule has 0 N–H and O–H groups in total. The smallest absolute Gasteiger partial charge is 0.0216 e. The van der Waals surface area contributed by atoms with Gasteiger partial charge in [0.15, 0.2) is 0 Å². The van der Waals surface area contributed by atoms with E-state index in [9.17, 15) is 0 Å². The Kier molecular flexibility index (Phi) is 1.74. The Morgan fingerprint density at radius 1 is 1.15 bits per heavy atom. The molecule has 1 spiro atoms. The van der Waals surface area contributed by atoms with Crippen LogP contribution < -0.4 is 0 Å². The standard InChI is InChI=1S/C12H21N/c1-10-5-8-13(11-3-2-4-11)12(9-10)6-7-12/h10-11H,2-9H2,1H3. The molecule has 1 unspecified atom stereocenters. The predicted molar refractivity (Wildman–Crippen MR) is 54.7 cm³/mol. The van der Waals surface area contributed by atoms with Gasteiger partial charge in [-0.15, -0.1) is 0 Å². The zero-order valence-electron chi connectivity index (χ0n) is 8.76. The zero-order chi connectivity index (χ0) is 8.89. The van der Waals surface area contributed by atoms with Gasteiger partial charge in [-0.25, -0.2) is 0 Å². The summed E-state index contributed by atoms with van der Waals surface area (Å²) < 4.78 is 0. The Morgan fingerprint density at radius 3 is 2.46 bits per heavy atom. The summed E-state index contributed by atoms with van der Waals surface area (Å²) in [6, 6.07) is 0.995.